The molecule has 3 heterocycles. The third kappa shape index (κ3) is 2.38. The molecule has 0 radical (unpaired) electrons. The molecule has 4 rings (SSSR count). The van der Waals surface area contributed by atoms with Gasteiger partial charge in [-0.1, -0.05) is 5.10 Å². The van der Waals surface area contributed by atoms with E-state index in [0.717, 1.165) is 15.8 Å². The zero-order valence-electron chi connectivity index (χ0n) is 11.0. The molecule has 1 amide bonds. The molecule has 4 aromatic rings. The van der Waals surface area contributed by atoms with Crippen molar-refractivity contribution in [1.29, 1.82) is 0 Å². The number of fused-ring (bicyclic) bond motifs is 1. The first kappa shape index (κ1) is 13.1. The fourth-order valence-electron chi connectivity index (χ4n) is 1.94. The average molecular weight is 328 g/mol. The number of amides is 1. The lowest BCUT2D eigenvalue weighted by molar-refractivity contribution is 0.102. The molecule has 0 aliphatic carbocycles. The highest BCUT2D eigenvalue weighted by Crippen LogP contribution is 2.23. The van der Waals surface area contributed by atoms with Gasteiger partial charge >= 0.3 is 6.01 Å². The SMILES string of the molecule is O=C(Nc1nnc(-c2ccsc2)o1)c1ccc2ncsc2c1. The summed E-state index contributed by atoms with van der Waals surface area (Å²) in [5.74, 6) is 0.0882. The van der Waals surface area contributed by atoms with E-state index >= 15 is 0 Å². The third-order valence-corrected chi connectivity index (χ3v) is 4.48. The molecule has 0 saturated heterocycles. The maximum absolute atomic E-state index is 12.2. The van der Waals surface area contributed by atoms with Gasteiger partial charge in [0.05, 0.1) is 15.7 Å². The van der Waals surface area contributed by atoms with Gasteiger partial charge in [-0.3, -0.25) is 10.1 Å². The van der Waals surface area contributed by atoms with Crippen molar-refractivity contribution in [3.8, 4) is 11.5 Å². The van der Waals surface area contributed by atoms with Gasteiger partial charge in [0.25, 0.3) is 11.8 Å². The van der Waals surface area contributed by atoms with E-state index in [1.165, 1.54) is 22.7 Å². The number of aromatic nitrogens is 3. The van der Waals surface area contributed by atoms with Crippen molar-refractivity contribution in [2.45, 2.75) is 0 Å². The summed E-state index contributed by atoms with van der Waals surface area (Å²) < 4.78 is 6.39. The quantitative estimate of drug-likeness (QED) is 0.621. The van der Waals surface area contributed by atoms with Crippen molar-refractivity contribution in [3.05, 3.63) is 46.1 Å². The van der Waals surface area contributed by atoms with Crippen LogP contribution in [0.4, 0.5) is 6.01 Å². The molecule has 0 atom stereocenters. The van der Waals surface area contributed by atoms with Crippen LogP contribution in [0.15, 0.2) is 45.0 Å². The van der Waals surface area contributed by atoms with Crippen LogP contribution in [0, 0.1) is 0 Å². The predicted molar refractivity (Wildman–Crippen MR) is 85.2 cm³/mol. The van der Waals surface area contributed by atoms with E-state index in [2.05, 4.69) is 20.5 Å². The Labute approximate surface area is 132 Å². The Morgan fingerprint density at radius 1 is 1.23 bits per heavy atom. The number of thiophene rings is 1. The van der Waals surface area contributed by atoms with E-state index in [-0.39, 0.29) is 11.9 Å². The molecule has 0 aliphatic heterocycles. The van der Waals surface area contributed by atoms with Gasteiger partial charge in [0.2, 0.25) is 0 Å². The summed E-state index contributed by atoms with van der Waals surface area (Å²) >= 11 is 3.02. The summed E-state index contributed by atoms with van der Waals surface area (Å²) in [5.41, 5.74) is 3.98. The monoisotopic (exact) mass is 328 g/mol. The minimum Gasteiger partial charge on any atom is -0.403 e. The normalized spacial score (nSPS) is 10.9. The van der Waals surface area contributed by atoms with Gasteiger partial charge in [-0.15, -0.1) is 16.4 Å². The van der Waals surface area contributed by atoms with E-state index in [9.17, 15) is 4.79 Å². The first-order valence-corrected chi connectivity index (χ1v) is 8.12. The number of nitrogens with one attached hydrogen (secondary N) is 1. The number of hydrogen-bond donors (Lipinski definition) is 1. The lowest BCUT2D eigenvalue weighted by Crippen LogP contribution is -2.11. The Morgan fingerprint density at radius 3 is 3.05 bits per heavy atom. The fraction of sp³-hybridized carbons (Fsp3) is 0. The number of thiazole rings is 1. The van der Waals surface area contributed by atoms with Gasteiger partial charge in [0.15, 0.2) is 0 Å². The van der Waals surface area contributed by atoms with Crippen LogP contribution >= 0.6 is 22.7 Å². The molecule has 8 heteroatoms. The van der Waals surface area contributed by atoms with Gasteiger partial charge < -0.3 is 4.42 Å². The first-order valence-electron chi connectivity index (χ1n) is 6.30. The minimum atomic E-state index is -0.296. The highest BCUT2D eigenvalue weighted by Gasteiger charge is 2.13. The van der Waals surface area contributed by atoms with Crippen LogP contribution in [-0.2, 0) is 0 Å². The molecule has 0 saturated carbocycles. The van der Waals surface area contributed by atoms with E-state index < -0.39 is 0 Å². The van der Waals surface area contributed by atoms with Crippen LogP contribution in [-0.4, -0.2) is 21.1 Å². The van der Waals surface area contributed by atoms with Crippen molar-refractivity contribution in [3.63, 3.8) is 0 Å². The van der Waals surface area contributed by atoms with Gasteiger partial charge in [0, 0.05) is 16.5 Å². The summed E-state index contributed by atoms with van der Waals surface area (Å²) in [5, 5.41) is 14.2. The number of anilines is 1. The average Bonchev–Trinajstić information content (AvgIpc) is 3.27. The second kappa shape index (κ2) is 5.32. The highest BCUT2D eigenvalue weighted by molar-refractivity contribution is 7.16. The summed E-state index contributed by atoms with van der Waals surface area (Å²) in [6.07, 6.45) is 0. The van der Waals surface area contributed by atoms with Gasteiger partial charge in [0.1, 0.15) is 0 Å². The predicted octanol–water partition coefficient (Wildman–Crippen LogP) is 3.66. The summed E-state index contributed by atoms with van der Waals surface area (Å²) in [6.45, 7) is 0. The number of rotatable bonds is 3. The highest BCUT2D eigenvalue weighted by atomic mass is 32.1. The second-order valence-corrected chi connectivity index (χ2v) is 6.08. The number of benzene rings is 1. The van der Waals surface area contributed by atoms with E-state index in [1.54, 1.807) is 17.6 Å². The fourth-order valence-corrected chi connectivity index (χ4v) is 3.29. The second-order valence-electron chi connectivity index (χ2n) is 4.41. The molecule has 0 bridgehead atoms. The topological polar surface area (TPSA) is 80.9 Å². The van der Waals surface area contributed by atoms with E-state index in [1.807, 2.05) is 22.9 Å². The molecule has 6 nitrogen and oxygen atoms in total. The van der Waals surface area contributed by atoms with Crippen molar-refractivity contribution in [1.82, 2.24) is 15.2 Å². The largest absolute Gasteiger partial charge is 0.403 e. The zero-order chi connectivity index (χ0) is 14.9. The molecule has 0 fully saturated rings. The Balaban J connectivity index is 1.56. The number of hydrogen-bond acceptors (Lipinski definition) is 7. The van der Waals surface area contributed by atoms with Gasteiger partial charge in [-0.25, -0.2) is 4.98 Å². The van der Waals surface area contributed by atoms with Crippen LogP contribution in [0.1, 0.15) is 10.4 Å². The molecular weight excluding hydrogens is 320 g/mol. The van der Waals surface area contributed by atoms with E-state index in [4.69, 9.17) is 4.42 Å². The molecule has 1 aromatic carbocycles. The molecule has 0 unspecified atom stereocenters. The smallest absolute Gasteiger partial charge is 0.322 e. The van der Waals surface area contributed by atoms with Crippen LogP contribution in [0.3, 0.4) is 0 Å². The Kier molecular flexibility index (Phi) is 3.17. The van der Waals surface area contributed by atoms with Crippen molar-refractivity contribution in [2.75, 3.05) is 5.32 Å². The molecule has 0 spiro atoms. The van der Waals surface area contributed by atoms with Crippen molar-refractivity contribution < 1.29 is 9.21 Å². The summed E-state index contributed by atoms with van der Waals surface area (Å²) in [6, 6.07) is 7.27. The van der Waals surface area contributed by atoms with Crippen LogP contribution in [0.2, 0.25) is 0 Å². The lowest BCUT2D eigenvalue weighted by atomic mass is 10.2. The Hall–Kier alpha value is -2.58. The lowest BCUT2D eigenvalue weighted by Gasteiger charge is -2.00. The van der Waals surface area contributed by atoms with Crippen LogP contribution in [0.5, 0.6) is 0 Å². The Bertz CT molecular complexity index is 943. The number of nitrogens with zero attached hydrogens (tertiary/aromatic N) is 3. The van der Waals surface area contributed by atoms with Crippen LogP contribution < -0.4 is 5.32 Å². The molecule has 0 aliphatic rings. The summed E-state index contributed by atoms with van der Waals surface area (Å²) in [7, 11) is 0. The summed E-state index contributed by atoms with van der Waals surface area (Å²) in [4.78, 5) is 16.4. The zero-order valence-corrected chi connectivity index (χ0v) is 12.6. The molecule has 108 valence electrons. The first-order chi connectivity index (χ1) is 10.8. The third-order valence-electron chi connectivity index (χ3n) is 3.01. The number of carbonyl (C=O) groups is 1. The van der Waals surface area contributed by atoms with E-state index in [0.29, 0.717) is 11.5 Å². The van der Waals surface area contributed by atoms with Crippen LogP contribution in [0.25, 0.3) is 21.7 Å². The molecular formula is C14H8N4O2S2. The molecule has 22 heavy (non-hydrogen) atoms. The number of carbonyl (C=O) groups excluding carboxylic acids is 1. The van der Waals surface area contributed by atoms with Gasteiger partial charge in [-0.05, 0) is 29.6 Å². The molecule has 1 N–H and O–H groups in total. The van der Waals surface area contributed by atoms with Crippen molar-refractivity contribution in [2.24, 2.45) is 0 Å². The Morgan fingerprint density at radius 2 is 2.18 bits per heavy atom. The van der Waals surface area contributed by atoms with Crippen molar-refractivity contribution >= 4 is 44.8 Å². The maximum atomic E-state index is 12.2. The standard InChI is InChI=1S/C14H8N4O2S2/c19-12(8-1-2-10-11(5-8)22-7-15-10)16-14-18-17-13(20-14)9-3-4-21-6-9/h1-7H,(H,16,18,19). The maximum Gasteiger partial charge on any atom is 0.322 e. The minimum absolute atomic E-state index is 0.0793. The molecule has 3 aromatic heterocycles. The van der Waals surface area contributed by atoms with Gasteiger partial charge in [-0.2, -0.15) is 11.3 Å².